The van der Waals surface area contributed by atoms with Gasteiger partial charge in [0.05, 0.1) is 0 Å². The van der Waals surface area contributed by atoms with E-state index in [9.17, 15) is 14.4 Å². The lowest BCUT2D eigenvalue weighted by Gasteiger charge is -2.06. The molecule has 0 unspecified atom stereocenters. The summed E-state index contributed by atoms with van der Waals surface area (Å²) in [5.74, 6) is -2.75. The van der Waals surface area contributed by atoms with Crippen LogP contribution in [0.25, 0.3) is 0 Å². The average Bonchev–Trinajstić information content (AvgIpc) is 2.50. The molecule has 0 fully saturated rings. The van der Waals surface area contributed by atoms with Crippen LogP contribution >= 0.6 is 0 Å². The molecule has 0 aliphatic carbocycles. The summed E-state index contributed by atoms with van der Waals surface area (Å²) in [6.45, 7) is 0. The lowest BCUT2D eigenvalue weighted by Crippen LogP contribution is -2.39. The van der Waals surface area contributed by atoms with E-state index in [4.69, 9.17) is 10.8 Å². The molecule has 0 aliphatic heterocycles. The zero-order valence-corrected chi connectivity index (χ0v) is 11.4. The van der Waals surface area contributed by atoms with E-state index in [1.807, 2.05) is 5.32 Å². The lowest BCUT2D eigenvalue weighted by atomic mass is 10.2. The number of carbonyl (C=O) groups excluding carboxylic acids is 3. The molecule has 3 amide bonds. The Labute approximate surface area is 125 Å². The number of benzene rings is 2. The van der Waals surface area contributed by atoms with Crippen molar-refractivity contribution in [3.63, 3.8) is 0 Å². The van der Waals surface area contributed by atoms with E-state index in [0.29, 0.717) is 11.4 Å². The fourth-order valence-corrected chi connectivity index (χ4v) is 1.60. The number of imide groups is 1. The van der Waals surface area contributed by atoms with E-state index in [-0.39, 0.29) is 11.3 Å². The molecule has 2 rings (SSSR count). The quantitative estimate of drug-likeness (QED) is 0.372. The standard InChI is InChI=1S/C15H13N3O4/c16-10-3-1-9(2-4-10)13(20)18-15(22)14(21)17-11-5-7-12(19)8-6-11/h1-8,19H,16H2,(H,17,21)(H,18,20,22). The number of anilines is 2. The number of nitrogens with two attached hydrogens (primary N) is 1. The van der Waals surface area contributed by atoms with E-state index in [2.05, 4.69) is 5.32 Å². The third-order valence-electron chi connectivity index (χ3n) is 2.73. The number of rotatable bonds is 2. The first-order chi connectivity index (χ1) is 10.5. The first-order valence-electron chi connectivity index (χ1n) is 6.27. The van der Waals surface area contributed by atoms with Gasteiger partial charge in [-0.1, -0.05) is 0 Å². The van der Waals surface area contributed by atoms with Gasteiger partial charge in [-0.15, -0.1) is 0 Å². The topological polar surface area (TPSA) is 122 Å². The van der Waals surface area contributed by atoms with Gasteiger partial charge in [0.2, 0.25) is 0 Å². The minimum absolute atomic E-state index is 0.0287. The van der Waals surface area contributed by atoms with Gasteiger partial charge in [0.25, 0.3) is 5.91 Å². The van der Waals surface area contributed by atoms with Crippen molar-refractivity contribution in [1.82, 2.24) is 5.32 Å². The molecule has 22 heavy (non-hydrogen) atoms. The molecule has 0 saturated carbocycles. The second-order valence-corrected chi connectivity index (χ2v) is 4.41. The van der Waals surface area contributed by atoms with E-state index in [1.54, 1.807) is 0 Å². The Morgan fingerprint density at radius 3 is 2.05 bits per heavy atom. The first kappa shape index (κ1) is 15.0. The Hall–Kier alpha value is -3.35. The molecule has 0 atom stereocenters. The van der Waals surface area contributed by atoms with Crippen molar-refractivity contribution in [1.29, 1.82) is 0 Å². The summed E-state index contributed by atoms with van der Waals surface area (Å²) >= 11 is 0. The number of phenolic OH excluding ortho intramolecular Hbond substituents is 1. The molecule has 0 saturated heterocycles. The van der Waals surface area contributed by atoms with Crippen LogP contribution in [0.15, 0.2) is 48.5 Å². The number of aromatic hydroxyl groups is 1. The molecule has 112 valence electrons. The Balaban J connectivity index is 1.96. The second kappa shape index (κ2) is 6.40. The number of nitrogen functional groups attached to an aromatic ring is 1. The van der Waals surface area contributed by atoms with Crippen LogP contribution < -0.4 is 16.4 Å². The third-order valence-corrected chi connectivity index (χ3v) is 2.73. The molecule has 0 heterocycles. The van der Waals surface area contributed by atoms with E-state index in [1.165, 1.54) is 48.5 Å². The number of carbonyl (C=O) groups is 3. The third kappa shape index (κ3) is 3.83. The van der Waals surface area contributed by atoms with Gasteiger partial charge in [-0.3, -0.25) is 19.7 Å². The zero-order chi connectivity index (χ0) is 16.1. The smallest absolute Gasteiger partial charge is 0.316 e. The van der Waals surface area contributed by atoms with Gasteiger partial charge in [0.1, 0.15) is 5.75 Å². The first-order valence-corrected chi connectivity index (χ1v) is 6.27. The van der Waals surface area contributed by atoms with Crippen molar-refractivity contribution < 1.29 is 19.5 Å². The van der Waals surface area contributed by atoms with Gasteiger partial charge in [0, 0.05) is 16.9 Å². The molecule has 7 nitrogen and oxygen atoms in total. The number of hydrogen-bond acceptors (Lipinski definition) is 5. The van der Waals surface area contributed by atoms with Gasteiger partial charge >= 0.3 is 11.8 Å². The van der Waals surface area contributed by atoms with Crippen LogP contribution in [-0.4, -0.2) is 22.8 Å². The van der Waals surface area contributed by atoms with Gasteiger partial charge < -0.3 is 16.2 Å². The van der Waals surface area contributed by atoms with Crippen LogP contribution in [0.1, 0.15) is 10.4 Å². The van der Waals surface area contributed by atoms with Crippen LogP contribution in [0.5, 0.6) is 5.75 Å². The highest BCUT2D eigenvalue weighted by Gasteiger charge is 2.17. The highest BCUT2D eigenvalue weighted by atomic mass is 16.3. The van der Waals surface area contributed by atoms with Crippen molar-refractivity contribution in [2.45, 2.75) is 0 Å². The number of hydrogen-bond donors (Lipinski definition) is 4. The molecule has 0 spiro atoms. The molecular formula is C15H13N3O4. The predicted molar refractivity (Wildman–Crippen MR) is 80.1 cm³/mol. The fraction of sp³-hybridized carbons (Fsp3) is 0. The molecule has 2 aromatic rings. The van der Waals surface area contributed by atoms with Crippen molar-refractivity contribution in [2.75, 3.05) is 11.1 Å². The van der Waals surface area contributed by atoms with Crippen LogP contribution in [0.3, 0.4) is 0 Å². The maximum atomic E-state index is 11.8. The SMILES string of the molecule is Nc1ccc(C(=O)NC(=O)C(=O)Nc2ccc(O)cc2)cc1. The molecular weight excluding hydrogens is 286 g/mol. The Bertz CT molecular complexity index is 709. The molecule has 0 radical (unpaired) electrons. The summed E-state index contributed by atoms with van der Waals surface area (Å²) in [5.41, 5.74) is 6.50. The minimum Gasteiger partial charge on any atom is -0.508 e. The highest BCUT2D eigenvalue weighted by Crippen LogP contribution is 2.13. The number of phenols is 1. The fourth-order valence-electron chi connectivity index (χ4n) is 1.60. The number of amides is 3. The van der Waals surface area contributed by atoms with Crippen molar-refractivity contribution >= 4 is 29.1 Å². The van der Waals surface area contributed by atoms with E-state index < -0.39 is 17.7 Å². The Morgan fingerprint density at radius 1 is 0.864 bits per heavy atom. The Kier molecular flexibility index (Phi) is 4.38. The van der Waals surface area contributed by atoms with E-state index in [0.717, 1.165) is 0 Å². The maximum absolute atomic E-state index is 11.8. The van der Waals surface area contributed by atoms with Crippen molar-refractivity contribution in [3.05, 3.63) is 54.1 Å². The van der Waals surface area contributed by atoms with Gasteiger partial charge in [-0.05, 0) is 48.5 Å². The monoisotopic (exact) mass is 299 g/mol. The van der Waals surface area contributed by atoms with Gasteiger partial charge in [0.15, 0.2) is 0 Å². The summed E-state index contributed by atoms with van der Waals surface area (Å²) in [4.78, 5) is 35.1. The summed E-state index contributed by atoms with van der Waals surface area (Å²) < 4.78 is 0. The van der Waals surface area contributed by atoms with Crippen LogP contribution in [0, 0.1) is 0 Å². The molecule has 0 aliphatic rings. The average molecular weight is 299 g/mol. The van der Waals surface area contributed by atoms with Crippen LogP contribution in [0.2, 0.25) is 0 Å². The molecule has 0 aromatic heterocycles. The molecule has 2 aromatic carbocycles. The highest BCUT2D eigenvalue weighted by molar-refractivity contribution is 6.42. The maximum Gasteiger partial charge on any atom is 0.316 e. The second-order valence-electron chi connectivity index (χ2n) is 4.41. The summed E-state index contributed by atoms with van der Waals surface area (Å²) in [6.07, 6.45) is 0. The van der Waals surface area contributed by atoms with Crippen molar-refractivity contribution in [3.8, 4) is 5.75 Å². The molecule has 5 N–H and O–H groups in total. The number of nitrogens with one attached hydrogen (secondary N) is 2. The summed E-state index contributed by atoms with van der Waals surface area (Å²) in [6, 6.07) is 11.4. The Morgan fingerprint density at radius 2 is 1.45 bits per heavy atom. The summed E-state index contributed by atoms with van der Waals surface area (Å²) in [7, 11) is 0. The van der Waals surface area contributed by atoms with Gasteiger partial charge in [-0.2, -0.15) is 0 Å². The normalized spacial score (nSPS) is 9.82. The van der Waals surface area contributed by atoms with Gasteiger partial charge in [-0.25, -0.2) is 0 Å². The lowest BCUT2D eigenvalue weighted by molar-refractivity contribution is -0.135. The zero-order valence-electron chi connectivity index (χ0n) is 11.4. The molecule has 7 heteroatoms. The molecule has 0 bridgehead atoms. The van der Waals surface area contributed by atoms with Crippen molar-refractivity contribution in [2.24, 2.45) is 0 Å². The summed E-state index contributed by atoms with van der Waals surface area (Å²) in [5, 5.41) is 13.4. The van der Waals surface area contributed by atoms with Crippen LogP contribution in [-0.2, 0) is 9.59 Å². The largest absolute Gasteiger partial charge is 0.508 e. The van der Waals surface area contributed by atoms with Crippen LogP contribution in [0.4, 0.5) is 11.4 Å². The van der Waals surface area contributed by atoms with E-state index >= 15 is 0 Å². The predicted octanol–water partition coefficient (Wildman–Crippen LogP) is 0.869. The minimum atomic E-state index is -1.09.